The summed E-state index contributed by atoms with van der Waals surface area (Å²) in [5, 5.41) is 1.13. The van der Waals surface area contributed by atoms with Crippen LogP contribution in [0.4, 0.5) is 0 Å². The summed E-state index contributed by atoms with van der Waals surface area (Å²) in [6.07, 6.45) is 5.70. The Kier molecular flexibility index (Phi) is 7.67. The van der Waals surface area contributed by atoms with E-state index >= 15 is 0 Å². The molecule has 1 aliphatic carbocycles. The summed E-state index contributed by atoms with van der Waals surface area (Å²) >= 11 is 1.64. The van der Waals surface area contributed by atoms with Crippen LogP contribution in [0.15, 0.2) is 78.2 Å². The van der Waals surface area contributed by atoms with Crippen molar-refractivity contribution in [2.45, 2.75) is 5.25 Å². The topological polar surface area (TPSA) is 72.5 Å². The predicted molar refractivity (Wildman–Crippen MR) is 140 cm³/mol. The van der Waals surface area contributed by atoms with Gasteiger partial charge < -0.3 is 4.74 Å². The first-order chi connectivity index (χ1) is 16.5. The van der Waals surface area contributed by atoms with Gasteiger partial charge >= 0.3 is 5.97 Å². The number of hydrogen-bond acceptors (Lipinski definition) is 5. The summed E-state index contributed by atoms with van der Waals surface area (Å²) < 4.78 is 32.3. The number of thioether (sulfide) groups is 1. The molecule has 1 N–H and O–H groups in total. The van der Waals surface area contributed by atoms with Crippen LogP contribution in [-0.2, 0) is 14.8 Å². The number of rotatable bonds is 8. The summed E-state index contributed by atoms with van der Waals surface area (Å²) in [6, 6.07) is 23.0. The minimum absolute atomic E-state index is 0.0600. The van der Waals surface area contributed by atoms with Crippen molar-refractivity contribution in [3.63, 3.8) is 0 Å². The van der Waals surface area contributed by atoms with Crippen LogP contribution >= 0.6 is 11.8 Å². The fourth-order valence-electron chi connectivity index (χ4n) is 3.77. The van der Waals surface area contributed by atoms with Gasteiger partial charge in [0.05, 0.1) is 17.9 Å². The Morgan fingerprint density at radius 1 is 0.971 bits per heavy atom. The van der Waals surface area contributed by atoms with Crippen molar-refractivity contribution in [3.8, 4) is 0 Å². The molecule has 0 aromatic heterocycles. The molecule has 0 amide bonds. The van der Waals surface area contributed by atoms with Crippen molar-refractivity contribution in [1.29, 1.82) is 0 Å². The molecule has 4 rings (SSSR count). The highest BCUT2D eigenvalue weighted by molar-refractivity contribution is 7.99. The van der Waals surface area contributed by atoms with Crippen molar-refractivity contribution < 1.29 is 17.9 Å². The maximum atomic E-state index is 12.4. The summed E-state index contributed by atoms with van der Waals surface area (Å²) in [7, 11) is -2.18. The number of esters is 1. The highest BCUT2D eigenvalue weighted by atomic mass is 32.2. The van der Waals surface area contributed by atoms with Crippen LogP contribution in [0.3, 0.4) is 0 Å². The Morgan fingerprint density at radius 3 is 2.44 bits per heavy atom. The van der Waals surface area contributed by atoms with Gasteiger partial charge in [-0.1, -0.05) is 72.8 Å². The number of carbonyl (C=O) groups is 1. The van der Waals surface area contributed by atoms with Crippen molar-refractivity contribution in [3.05, 3.63) is 112 Å². The number of nitrogens with one attached hydrogen (secondary N) is 1. The molecular weight excluding hydrogens is 466 g/mol. The monoisotopic (exact) mass is 491 g/mol. The molecule has 3 aromatic carbocycles. The molecular formula is C27H25NO4S2. The SMILES string of the molecule is COC(=O)c1ccc2c(c1)C(SCCNS(=O)(=O)/C=C/c1ccccc1)c1ccccc1C=C2. The van der Waals surface area contributed by atoms with E-state index in [2.05, 4.69) is 22.9 Å². The van der Waals surface area contributed by atoms with Crippen LogP contribution in [0.5, 0.6) is 0 Å². The number of benzene rings is 3. The van der Waals surface area contributed by atoms with Gasteiger partial charge in [-0.25, -0.2) is 17.9 Å². The van der Waals surface area contributed by atoms with Crippen molar-refractivity contribution in [1.82, 2.24) is 4.72 Å². The normalized spacial score (nSPS) is 14.9. The van der Waals surface area contributed by atoms with E-state index in [1.54, 1.807) is 23.9 Å². The number of fused-ring (bicyclic) bond motifs is 2. The van der Waals surface area contributed by atoms with E-state index < -0.39 is 10.0 Å². The highest BCUT2D eigenvalue weighted by Gasteiger charge is 2.23. The van der Waals surface area contributed by atoms with E-state index in [0.717, 1.165) is 27.8 Å². The Morgan fingerprint density at radius 2 is 1.68 bits per heavy atom. The zero-order valence-electron chi connectivity index (χ0n) is 18.7. The van der Waals surface area contributed by atoms with Crippen LogP contribution in [0.25, 0.3) is 18.2 Å². The highest BCUT2D eigenvalue weighted by Crippen LogP contribution is 2.42. The number of carbonyl (C=O) groups excluding carboxylic acids is 1. The Hall–Kier alpha value is -3.13. The Bertz CT molecular complexity index is 1330. The molecule has 3 aromatic rings. The van der Waals surface area contributed by atoms with Gasteiger partial charge in [-0.2, -0.15) is 0 Å². The Balaban J connectivity index is 1.50. The molecule has 0 heterocycles. The van der Waals surface area contributed by atoms with Gasteiger partial charge in [0.15, 0.2) is 0 Å². The van der Waals surface area contributed by atoms with Crippen LogP contribution < -0.4 is 4.72 Å². The molecule has 174 valence electrons. The first-order valence-electron chi connectivity index (χ1n) is 10.8. The van der Waals surface area contributed by atoms with E-state index in [4.69, 9.17) is 4.74 Å². The summed E-state index contributed by atoms with van der Waals surface area (Å²) in [6.45, 7) is 0.282. The van der Waals surface area contributed by atoms with Crippen molar-refractivity contribution in [2.75, 3.05) is 19.4 Å². The molecule has 0 bridgehead atoms. The van der Waals surface area contributed by atoms with E-state index in [-0.39, 0.29) is 17.8 Å². The molecule has 5 nitrogen and oxygen atoms in total. The minimum Gasteiger partial charge on any atom is -0.465 e. The summed E-state index contributed by atoms with van der Waals surface area (Å²) in [4.78, 5) is 12.1. The molecule has 1 aliphatic rings. The summed E-state index contributed by atoms with van der Waals surface area (Å²) in [5.41, 5.74) is 5.56. The zero-order chi connectivity index (χ0) is 24.0. The molecule has 0 saturated heterocycles. The molecule has 1 unspecified atom stereocenters. The van der Waals surface area contributed by atoms with Crippen molar-refractivity contribution >= 4 is 46.0 Å². The standard InChI is InChI=1S/C27H25NO4S2/c1-32-27(29)23-14-13-22-12-11-21-9-5-6-10-24(21)26(25(22)19-23)33-17-16-28-34(30,31)18-15-20-7-3-2-4-8-20/h2-15,18-19,26,28H,16-17H2,1H3/b18-15+. The van der Waals surface area contributed by atoms with Crippen LogP contribution in [-0.4, -0.2) is 33.8 Å². The third-order valence-corrected chi connectivity index (χ3v) is 7.82. The van der Waals surface area contributed by atoms with Crippen molar-refractivity contribution in [2.24, 2.45) is 0 Å². The molecule has 7 heteroatoms. The minimum atomic E-state index is -3.55. The van der Waals surface area contributed by atoms with Crippen LogP contribution in [0.2, 0.25) is 0 Å². The van der Waals surface area contributed by atoms with Gasteiger partial charge in [-0.15, -0.1) is 11.8 Å². The van der Waals surface area contributed by atoms with E-state index in [0.29, 0.717) is 11.3 Å². The van der Waals surface area contributed by atoms with Crippen LogP contribution in [0.1, 0.15) is 43.4 Å². The molecule has 1 atom stereocenters. The smallest absolute Gasteiger partial charge is 0.337 e. The van der Waals surface area contributed by atoms with Gasteiger partial charge in [0.25, 0.3) is 0 Å². The number of methoxy groups -OCH3 is 1. The van der Waals surface area contributed by atoms with Gasteiger partial charge in [-0.3, -0.25) is 0 Å². The molecule has 0 spiro atoms. The maximum absolute atomic E-state index is 12.4. The molecule has 0 saturated carbocycles. The number of ether oxygens (including phenoxy) is 1. The average Bonchev–Trinajstić information content (AvgIpc) is 3.02. The molecule has 0 aliphatic heterocycles. The lowest BCUT2D eigenvalue weighted by Gasteiger charge is -2.21. The van der Waals surface area contributed by atoms with Gasteiger partial charge in [0.1, 0.15) is 0 Å². The maximum Gasteiger partial charge on any atom is 0.337 e. The van der Waals surface area contributed by atoms with E-state index in [1.807, 2.05) is 60.7 Å². The average molecular weight is 492 g/mol. The third kappa shape index (κ3) is 5.86. The second kappa shape index (κ2) is 10.9. The zero-order valence-corrected chi connectivity index (χ0v) is 20.3. The first kappa shape index (κ1) is 24.0. The molecule has 0 radical (unpaired) electrons. The van der Waals surface area contributed by atoms with E-state index in [9.17, 15) is 13.2 Å². The van der Waals surface area contributed by atoms with Crippen LogP contribution in [0, 0.1) is 0 Å². The molecule has 0 fully saturated rings. The lowest BCUT2D eigenvalue weighted by atomic mass is 9.97. The van der Waals surface area contributed by atoms with Gasteiger partial charge in [0.2, 0.25) is 10.0 Å². The fraction of sp³-hybridized carbons (Fsp3) is 0.148. The predicted octanol–water partition coefficient (Wildman–Crippen LogP) is 5.37. The first-order valence-corrected chi connectivity index (χ1v) is 13.4. The number of hydrogen-bond donors (Lipinski definition) is 1. The van der Waals surface area contributed by atoms with Gasteiger partial charge in [0, 0.05) is 17.7 Å². The fourth-order valence-corrected chi connectivity index (χ4v) is 5.95. The largest absolute Gasteiger partial charge is 0.465 e. The lowest BCUT2D eigenvalue weighted by Crippen LogP contribution is -2.24. The van der Waals surface area contributed by atoms with E-state index in [1.165, 1.54) is 12.5 Å². The summed E-state index contributed by atoms with van der Waals surface area (Å²) in [5.74, 6) is 0.172. The second-order valence-corrected chi connectivity index (χ2v) is 10.6. The lowest BCUT2D eigenvalue weighted by molar-refractivity contribution is 0.0600. The van der Waals surface area contributed by atoms with Gasteiger partial charge in [-0.05, 0) is 46.0 Å². The third-order valence-electron chi connectivity index (χ3n) is 5.44. The quantitative estimate of drug-likeness (QED) is 0.339. The second-order valence-electron chi connectivity index (χ2n) is 7.70. The Labute approximate surface area is 204 Å². The molecule has 34 heavy (non-hydrogen) atoms. The number of sulfonamides is 1.